The van der Waals surface area contributed by atoms with E-state index in [0.29, 0.717) is 24.6 Å². The molecule has 0 bridgehead atoms. The van der Waals surface area contributed by atoms with Gasteiger partial charge in [-0.05, 0) is 80.8 Å². The Bertz CT molecular complexity index is 1960. The molecule has 14 heteroatoms. The van der Waals surface area contributed by atoms with Crippen LogP contribution in [0.3, 0.4) is 0 Å². The van der Waals surface area contributed by atoms with Crippen LogP contribution < -0.4 is 10.6 Å². The fourth-order valence-electron chi connectivity index (χ4n) is 6.54. The number of carbonyl (C=O) groups is 4. The predicted molar refractivity (Wildman–Crippen MR) is 183 cm³/mol. The molecule has 14 nitrogen and oxygen atoms in total. The van der Waals surface area contributed by atoms with Crippen molar-refractivity contribution in [1.82, 2.24) is 40.4 Å². The van der Waals surface area contributed by atoms with Crippen LogP contribution in [0.15, 0.2) is 48.7 Å². The van der Waals surface area contributed by atoms with E-state index in [1.165, 1.54) is 14.2 Å². The first-order valence-electron chi connectivity index (χ1n) is 16.6. The van der Waals surface area contributed by atoms with Crippen molar-refractivity contribution in [3.63, 3.8) is 0 Å². The van der Waals surface area contributed by atoms with Crippen LogP contribution in [0.4, 0.5) is 9.59 Å². The molecule has 2 fully saturated rings. The number of amides is 4. The lowest BCUT2D eigenvalue weighted by Crippen LogP contribution is -2.46. The second-order valence-electron chi connectivity index (χ2n) is 12.5. The van der Waals surface area contributed by atoms with Crippen molar-refractivity contribution in [2.75, 3.05) is 27.3 Å². The van der Waals surface area contributed by atoms with Crippen molar-refractivity contribution in [2.24, 2.45) is 0 Å². The van der Waals surface area contributed by atoms with E-state index < -0.39 is 24.3 Å². The molecule has 2 aromatic carbocycles. The molecule has 4 amide bonds. The molecule has 2 saturated heterocycles. The number of H-pyrrole nitrogens is 2. The monoisotopic (exact) mass is 680 g/mol. The Balaban J connectivity index is 1.11. The zero-order valence-corrected chi connectivity index (χ0v) is 28.4. The van der Waals surface area contributed by atoms with Crippen LogP contribution in [0, 0.1) is 11.8 Å². The average Bonchev–Trinajstić information content (AvgIpc) is 3.96. The smallest absolute Gasteiger partial charge is 0.407 e. The summed E-state index contributed by atoms with van der Waals surface area (Å²) in [4.78, 5) is 68.8. The number of alkyl carbamates (subject to hydrolysis) is 2. The third kappa shape index (κ3) is 7.26. The van der Waals surface area contributed by atoms with E-state index >= 15 is 0 Å². The van der Waals surface area contributed by atoms with Gasteiger partial charge in [-0.2, -0.15) is 0 Å². The van der Waals surface area contributed by atoms with Crippen LogP contribution in [0.2, 0.25) is 0 Å². The van der Waals surface area contributed by atoms with Crippen molar-refractivity contribution >= 4 is 35.0 Å². The molecule has 260 valence electrons. The van der Waals surface area contributed by atoms with Crippen LogP contribution in [0.5, 0.6) is 0 Å². The van der Waals surface area contributed by atoms with Crippen molar-refractivity contribution in [3.8, 4) is 23.0 Å². The van der Waals surface area contributed by atoms with Crippen molar-refractivity contribution in [1.29, 1.82) is 0 Å². The minimum atomic E-state index is -0.715. The summed E-state index contributed by atoms with van der Waals surface area (Å²) < 4.78 is 9.26. The molecule has 4 heterocycles. The zero-order chi connectivity index (χ0) is 35.4. The summed E-state index contributed by atoms with van der Waals surface area (Å²) >= 11 is 0. The highest BCUT2D eigenvalue weighted by Gasteiger charge is 2.36. The minimum absolute atomic E-state index is 0.177. The number of rotatable bonds is 7. The van der Waals surface area contributed by atoms with Crippen LogP contribution in [0.25, 0.3) is 22.2 Å². The van der Waals surface area contributed by atoms with Gasteiger partial charge in [0.15, 0.2) is 0 Å². The molecule has 0 spiro atoms. The van der Waals surface area contributed by atoms with Crippen molar-refractivity contribution in [3.05, 3.63) is 71.6 Å². The minimum Gasteiger partial charge on any atom is -0.453 e. The highest BCUT2D eigenvalue weighted by molar-refractivity contribution is 5.87. The standard InChI is InChI=1S/C36H40N8O6/c1-21(38-35(47)49-3)33(45)43-17-5-7-29(43)31-37-20-26(40-31)15-11-23-9-12-24(13-10-23)25-14-16-27-28(19-25)42-32(41-27)30-8-6-18-44(30)34(46)22(2)39-36(48)50-4/h9-10,12-14,16,19-22,29-30H,5-8,17-18H2,1-4H3,(H,37,40)(H,38,47)(H,39,48)(H,41,42)/t21?,22-,29?,30-/m0/s1. The molecule has 50 heavy (non-hydrogen) atoms. The Morgan fingerprint density at radius 2 is 1.38 bits per heavy atom. The summed E-state index contributed by atoms with van der Waals surface area (Å²) in [5.74, 6) is 7.33. The summed E-state index contributed by atoms with van der Waals surface area (Å²) in [6, 6.07) is 12.1. The first kappa shape index (κ1) is 34.0. The lowest BCUT2D eigenvalue weighted by Gasteiger charge is -2.26. The number of aromatic amines is 2. The third-order valence-electron chi connectivity index (χ3n) is 9.14. The number of likely N-dealkylation sites (tertiary alicyclic amines) is 2. The van der Waals surface area contributed by atoms with Gasteiger partial charge in [0, 0.05) is 18.7 Å². The number of hydrogen-bond donors (Lipinski definition) is 4. The lowest BCUT2D eigenvalue weighted by atomic mass is 10.0. The van der Waals surface area contributed by atoms with Gasteiger partial charge in [-0.15, -0.1) is 0 Å². The third-order valence-corrected chi connectivity index (χ3v) is 9.14. The summed E-state index contributed by atoms with van der Waals surface area (Å²) in [5, 5.41) is 5.09. The maximum atomic E-state index is 13.1. The first-order valence-corrected chi connectivity index (χ1v) is 16.6. The average molecular weight is 681 g/mol. The number of aromatic nitrogens is 4. The maximum absolute atomic E-state index is 13.1. The Hall–Kier alpha value is -5.84. The summed E-state index contributed by atoms with van der Waals surface area (Å²) in [6.45, 7) is 4.45. The fraction of sp³-hybridized carbons (Fsp3) is 0.389. The van der Waals surface area contributed by atoms with Crippen LogP contribution in [-0.2, 0) is 19.1 Å². The molecule has 6 rings (SSSR count). The van der Waals surface area contributed by atoms with Gasteiger partial charge in [0.25, 0.3) is 0 Å². The maximum Gasteiger partial charge on any atom is 0.407 e. The van der Waals surface area contributed by atoms with E-state index in [1.54, 1.807) is 29.8 Å². The van der Waals surface area contributed by atoms with Gasteiger partial charge in [0.2, 0.25) is 11.8 Å². The molecular weight excluding hydrogens is 640 g/mol. The number of ether oxygens (including phenoxy) is 2. The number of hydrogen-bond acceptors (Lipinski definition) is 8. The second-order valence-corrected chi connectivity index (χ2v) is 12.5. The normalized spacial score (nSPS) is 18.2. The fourth-order valence-corrected chi connectivity index (χ4v) is 6.54. The Labute approximate surface area is 289 Å². The van der Waals surface area contributed by atoms with Crippen molar-refractivity contribution in [2.45, 2.75) is 63.7 Å². The molecule has 4 atom stereocenters. The van der Waals surface area contributed by atoms with E-state index in [-0.39, 0.29) is 23.9 Å². The number of imidazole rings is 2. The van der Waals surface area contributed by atoms with E-state index in [4.69, 9.17) is 4.98 Å². The quantitative estimate of drug-likeness (QED) is 0.211. The van der Waals surface area contributed by atoms with Crippen LogP contribution in [0.1, 0.15) is 74.5 Å². The second kappa shape index (κ2) is 14.7. The molecule has 0 aliphatic carbocycles. The largest absolute Gasteiger partial charge is 0.453 e. The van der Waals surface area contributed by atoms with E-state index in [9.17, 15) is 19.2 Å². The highest BCUT2D eigenvalue weighted by atomic mass is 16.5. The predicted octanol–water partition coefficient (Wildman–Crippen LogP) is 4.17. The number of benzene rings is 2. The molecule has 4 aromatic rings. The van der Waals surface area contributed by atoms with Gasteiger partial charge < -0.3 is 39.9 Å². The Kier molecular flexibility index (Phi) is 10.0. The van der Waals surface area contributed by atoms with Gasteiger partial charge >= 0.3 is 12.2 Å². The van der Waals surface area contributed by atoms with Crippen molar-refractivity contribution < 1.29 is 28.7 Å². The highest BCUT2D eigenvalue weighted by Crippen LogP contribution is 2.33. The van der Waals surface area contributed by atoms with Crippen LogP contribution in [-0.4, -0.2) is 93.1 Å². The first-order chi connectivity index (χ1) is 24.1. The number of nitrogens with one attached hydrogen (secondary N) is 4. The molecule has 0 saturated carbocycles. The molecule has 2 unspecified atom stereocenters. The van der Waals surface area contributed by atoms with E-state index in [0.717, 1.165) is 59.2 Å². The molecule has 4 N–H and O–H groups in total. The summed E-state index contributed by atoms with van der Waals surface area (Å²) in [6.07, 6.45) is 3.60. The molecule has 0 radical (unpaired) electrons. The molecule has 2 aliphatic rings. The molecular formula is C36H40N8O6. The zero-order valence-electron chi connectivity index (χ0n) is 28.4. The Morgan fingerprint density at radius 1 is 0.800 bits per heavy atom. The van der Waals surface area contributed by atoms with Gasteiger partial charge in [0.1, 0.15) is 29.4 Å². The van der Waals surface area contributed by atoms with Gasteiger partial charge in [-0.1, -0.05) is 24.1 Å². The number of fused-ring (bicyclic) bond motifs is 1. The van der Waals surface area contributed by atoms with Gasteiger partial charge in [-0.3, -0.25) is 9.59 Å². The SMILES string of the molecule is COC(=O)NC(C)C(=O)N1CCCC1c1ncc(C#Cc2ccc(-c3ccc4nc([C@@H]5CCCN5C(=O)[C@H](C)NC(=O)OC)[nH]c4c3)cc2)[nH]1. The molecule has 2 aliphatic heterocycles. The number of carbonyl (C=O) groups excluding carboxylic acids is 4. The number of nitrogens with zero attached hydrogens (tertiary/aromatic N) is 4. The summed E-state index contributed by atoms with van der Waals surface area (Å²) in [7, 11) is 2.53. The summed E-state index contributed by atoms with van der Waals surface area (Å²) in [5.41, 5.74) is 5.17. The Morgan fingerprint density at radius 3 is 1.98 bits per heavy atom. The topological polar surface area (TPSA) is 175 Å². The van der Waals surface area contributed by atoms with E-state index in [2.05, 4.69) is 46.9 Å². The lowest BCUT2D eigenvalue weighted by molar-refractivity contribution is -0.134. The van der Waals surface area contributed by atoms with Gasteiger partial charge in [0.05, 0.1) is 43.5 Å². The van der Waals surface area contributed by atoms with Gasteiger partial charge in [-0.25, -0.2) is 19.6 Å². The molecule has 2 aromatic heterocycles. The van der Waals surface area contributed by atoms with Crippen LogP contribution >= 0.6 is 0 Å². The van der Waals surface area contributed by atoms with E-state index in [1.807, 2.05) is 42.5 Å². The number of methoxy groups -OCH3 is 2.